The van der Waals surface area contributed by atoms with Gasteiger partial charge in [0.25, 0.3) is 0 Å². The first-order chi connectivity index (χ1) is 11.7. The summed E-state index contributed by atoms with van der Waals surface area (Å²) in [5, 5.41) is 8.06. The van der Waals surface area contributed by atoms with E-state index in [1.54, 1.807) is 18.2 Å². The van der Waals surface area contributed by atoms with Gasteiger partial charge in [-0.25, -0.2) is 13.5 Å². The molecule has 0 spiro atoms. The van der Waals surface area contributed by atoms with Gasteiger partial charge in [0.1, 0.15) is 17.3 Å². The largest absolute Gasteiger partial charge is 0.454 e. The Morgan fingerprint density at radius 2 is 1.79 bits per heavy atom. The molecule has 0 saturated heterocycles. The van der Waals surface area contributed by atoms with Crippen molar-refractivity contribution in [3.63, 3.8) is 0 Å². The molecule has 1 aromatic heterocycles. The predicted molar refractivity (Wildman–Crippen MR) is 82.4 cm³/mol. The zero-order valence-electron chi connectivity index (χ0n) is 12.2. The summed E-state index contributed by atoms with van der Waals surface area (Å²) in [5.74, 6) is -0.146. The van der Waals surface area contributed by atoms with Crippen LogP contribution in [0.4, 0.5) is 8.78 Å². The molecule has 0 saturated carbocycles. The number of fused-ring (bicyclic) bond motifs is 1. The van der Waals surface area contributed by atoms with Crippen molar-refractivity contribution in [2.45, 2.75) is 5.88 Å². The van der Waals surface area contributed by atoms with Gasteiger partial charge in [0.15, 0.2) is 11.5 Å². The summed E-state index contributed by atoms with van der Waals surface area (Å²) in [7, 11) is 0. The maximum atomic E-state index is 13.6. The minimum atomic E-state index is -0.691. The predicted octanol–water partition coefficient (Wildman–Crippen LogP) is 3.68. The van der Waals surface area contributed by atoms with Crippen molar-refractivity contribution in [3.8, 4) is 28.4 Å². The number of halogens is 3. The number of alkyl halides is 1. The first-order valence-electron chi connectivity index (χ1n) is 7.03. The number of rotatable bonds is 3. The van der Waals surface area contributed by atoms with Crippen LogP contribution in [0.5, 0.6) is 11.5 Å². The van der Waals surface area contributed by atoms with Crippen LogP contribution in [-0.2, 0) is 5.88 Å². The summed E-state index contributed by atoms with van der Waals surface area (Å²) in [5.41, 5.74) is 1.75. The Hall–Kier alpha value is -2.67. The highest BCUT2D eigenvalue weighted by atomic mass is 35.5. The quantitative estimate of drug-likeness (QED) is 0.677. The van der Waals surface area contributed by atoms with Gasteiger partial charge in [-0.2, -0.15) is 0 Å². The molecule has 5 nitrogen and oxygen atoms in total. The molecule has 2 heterocycles. The SMILES string of the molecule is Fc1cc(F)cc(-c2c(CCl)nnn2-c2ccc3c(c2)OCO3)c1. The van der Waals surface area contributed by atoms with Gasteiger partial charge < -0.3 is 9.47 Å². The maximum Gasteiger partial charge on any atom is 0.231 e. The van der Waals surface area contributed by atoms with Gasteiger partial charge in [-0.15, -0.1) is 16.7 Å². The second-order valence-electron chi connectivity index (χ2n) is 5.13. The topological polar surface area (TPSA) is 49.2 Å². The molecule has 0 radical (unpaired) electrons. The van der Waals surface area contributed by atoms with Crippen LogP contribution in [0.15, 0.2) is 36.4 Å². The van der Waals surface area contributed by atoms with E-state index in [4.69, 9.17) is 21.1 Å². The molecule has 0 bridgehead atoms. The van der Waals surface area contributed by atoms with Crippen LogP contribution in [0, 0.1) is 11.6 Å². The number of benzene rings is 2. The lowest BCUT2D eigenvalue weighted by Crippen LogP contribution is -2.01. The maximum absolute atomic E-state index is 13.6. The number of aromatic nitrogens is 3. The lowest BCUT2D eigenvalue weighted by molar-refractivity contribution is 0.174. The Bertz CT molecular complexity index is 909. The monoisotopic (exact) mass is 349 g/mol. The second kappa shape index (κ2) is 5.76. The van der Waals surface area contributed by atoms with Crippen LogP contribution in [0.25, 0.3) is 16.9 Å². The molecule has 2 aromatic carbocycles. The molecule has 0 atom stereocenters. The van der Waals surface area contributed by atoms with Crippen LogP contribution < -0.4 is 9.47 Å². The highest BCUT2D eigenvalue weighted by Gasteiger charge is 2.20. The van der Waals surface area contributed by atoms with E-state index in [2.05, 4.69) is 10.3 Å². The van der Waals surface area contributed by atoms with Crippen LogP contribution in [-0.4, -0.2) is 21.8 Å². The smallest absolute Gasteiger partial charge is 0.231 e. The van der Waals surface area contributed by atoms with Crippen molar-refractivity contribution in [2.75, 3.05) is 6.79 Å². The van der Waals surface area contributed by atoms with E-state index in [1.807, 2.05) is 0 Å². The summed E-state index contributed by atoms with van der Waals surface area (Å²) in [6, 6.07) is 8.42. The van der Waals surface area contributed by atoms with Crippen molar-refractivity contribution in [3.05, 3.63) is 53.7 Å². The molecule has 4 rings (SSSR count). The lowest BCUT2D eigenvalue weighted by atomic mass is 10.1. The van der Waals surface area contributed by atoms with Gasteiger partial charge in [0.05, 0.1) is 17.3 Å². The highest BCUT2D eigenvalue weighted by Crippen LogP contribution is 2.35. The fourth-order valence-corrected chi connectivity index (χ4v) is 2.76. The Morgan fingerprint density at radius 3 is 2.54 bits per heavy atom. The van der Waals surface area contributed by atoms with E-state index in [0.717, 1.165) is 6.07 Å². The van der Waals surface area contributed by atoms with Crippen molar-refractivity contribution in [2.24, 2.45) is 0 Å². The van der Waals surface area contributed by atoms with E-state index in [-0.39, 0.29) is 12.7 Å². The van der Waals surface area contributed by atoms with Gasteiger partial charge >= 0.3 is 0 Å². The van der Waals surface area contributed by atoms with E-state index in [9.17, 15) is 8.78 Å². The van der Waals surface area contributed by atoms with Gasteiger partial charge in [-0.1, -0.05) is 5.21 Å². The molecular formula is C16H10ClF2N3O2. The Kier molecular flexibility index (Phi) is 3.57. The van der Waals surface area contributed by atoms with Crippen molar-refractivity contribution >= 4 is 11.6 Å². The summed E-state index contributed by atoms with van der Waals surface area (Å²) >= 11 is 5.91. The van der Waals surface area contributed by atoms with Crippen molar-refractivity contribution in [1.29, 1.82) is 0 Å². The third-order valence-corrected chi connectivity index (χ3v) is 3.86. The zero-order valence-corrected chi connectivity index (χ0v) is 12.9. The van der Waals surface area contributed by atoms with Gasteiger partial charge in [0.2, 0.25) is 6.79 Å². The number of nitrogens with zero attached hydrogens (tertiary/aromatic N) is 3. The van der Waals surface area contributed by atoms with Crippen LogP contribution >= 0.6 is 11.6 Å². The van der Waals surface area contributed by atoms with Gasteiger partial charge in [-0.3, -0.25) is 0 Å². The summed E-state index contributed by atoms with van der Waals surface area (Å²) in [6.07, 6.45) is 0. The normalized spacial score (nSPS) is 12.6. The minimum Gasteiger partial charge on any atom is -0.454 e. The van der Waals surface area contributed by atoms with Crippen molar-refractivity contribution < 1.29 is 18.3 Å². The van der Waals surface area contributed by atoms with E-state index >= 15 is 0 Å². The first-order valence-corrected chi connectivity index (χ1v) is 7.56. The Balaban J connectivity index is 1.89. The molecule has 0 aliphatic carbocycles. The fourth-order valence-electron chi connectivity index (χ4n) is 2.58. The number of ether oxygens (including phenoxy) is 2. The number of hydrogen-bond acceptors (Lipinski definition) is 4. The van der Waals surface area contributed by atoms with Gasteiger partial charge in [-0.05, 0) is 24.3 Å². The standard InChI is InChI=1S/C16H10ClF2N3O2/c17-7-13-16(9-3-10(18)5-11(19)4-9)22(21-20-13)12-1-2-14-15(6-12)24-8-23-14/h1-6H,7-8H2. The average molecular weight is 350 g/mol. The molecule has 8 heteroatoms. The summed E-state index contributed by atoms with van der Waals surface area (Å²) in [4.78, 5) is 0. The molecule has 122 valence electrons. The molecule has 0 unspecified atom stereocenters. The van der Waals surface area contributed by atoms with Crippen LogP contribution in [0.1, 0.15) is 5.69 Å². The highest BCUT2D eigenvalue weighted by molar-refractivity contribution is 6.17. The third kappa shape index (κ3) is 2.46. The molecule has 0 N–H and O–H groups in total. The van der Waals surface area contributed by atoms with E-state index in [0.29, 0.717) is 34.1 Å². The molecule has 1 aliphatic heterocycles. The molecule has 1 aliphatic rings. The van der Waals surface area contributed by atoms with Crippen LogP contribution in [0.3, 0.4) is 0 Å². The molecule has 24 heavy (non-hydrogen) atoms. The Labute approximate surface area is 140 Å². The lowest BCUT2D eigenvalue weighted by Gasteiger charge is -2.09. The van der Waals surface area contributed by atoms with Gasteiger partial charge in [0, 0.05) is 17.7 Å². The Morgan fingerprint density at radius 1 is 1.04 bits per heavy atom. The minimum absolute atomic E-state index is 0.0536. The van der Waals surface area contributed by atoms with Crippen molar-refractivity contribution in [1.82, 2.24) is 15.0 Å². The second-order valence-corrected chi connectivity index (χ2v) is 5.39. The molecule has 3 aromatic rings. The summed E-state index contributed by atoms with van der Waals surface area (Å²) < 4.78 is 39.3. The zero-order chi connectivity index (χ0) is 16.7. The first kappa shape index (κ1) is 14.9. The number of hydrogen-bond donors (Lipinski definition) is 0. The summed E-state index contributed by atoms with van der Waals surface area (Å²) in [6.45, 7) is 0.144. The third-order valence-electron chi connectivity index (χ3n) is 3.60. The van der Waals surface area contributed by atoms with E-state index < -0.39 is 11.6 Å². The molecular weight excluding hydrogens is 340 g/mol. The fraction of sp³-hybridized carbons (Fsp3) is 0.125. The van der Waals surface area contributed by atoms with Crippen LogP contribution in [0.2, 0.25) is 0 Å². The molecule has 0 amide bonds. The van der Waals surface area contributed by atoms with E-state index in [1.165, 1.54) is 16.8 Å². The average Bonchev–Trinajstić information content (AvgIpc) is 3.19. The molecule has 0 fully saturated rings.